The summed E-state index contributed by atoms with van der Waals surface area (Å²) in [5.74, 6) is -11.5. The molecule has 3 N–H and O–H groups in total. The van der Waals surface area contributed by atoms with Crippen LogP contribution < -0.4 is 10.6 Å². The number of anilines is 2. The summed E-state index contributed by atoms with van der Waals surface area (Å²) in [6, 6.07) is 6.25. The zero-order valence-electron chi connectivity index (χ0n) is 19.5. The van der Waals surface area contributed by atoms with Gasteiger partial charge in [0.2, 0.25) is 0 Å². The van der Waals surface area contributed by atoms with Crippen LogP contribution in [0.5, 0.6) is 5.75 Å². The van der Waals surface area contributed by atoms with Crippen molar-refractivity contribution in [1.82, 2.24) is 0 Å². The maximum absolute atomic E-state index is 14.0. The Morgan fingerprint density at radius 1 is 0.947 bits per heavy atom. The van der Waals surface area contributed by atoms with E-state index in [1.807, 2.05) is 5.32 Å². The molecule has 3 aromatic carbocycles. The van der Waals surface area contributed by atoms with Gasteiger partial charge in [-0.3, -0.25) is 9.59 Å². The first-order valence-electron chi connectivity index (χ1n) is 10.6. The van der Waals surface area contributed by atoms with Crippen molar-refractivity contribution in [3.63, 3.8) is 0 Å². The molecule has 3 rings (SSSR count). The minimum Gasteiger partial charge on any atom is -0.504 e. The van der Waals surface area contributed by atoms with Gasteiger partial charge in [-0.05, 0) is 36.2 Å². The molecule has 0 aliphatic carbocycles. The number of phenolic OH excluding ortho intramolecular Hbond substituents is 1. The molecule has 14 heteroatoms. The third kappa shape index (κ3) is 6.03. The number of aromatic hydroxyl groups is 1. The number of carbonyl (C=O) groups excluding carboxylic acids is 2. The van der Waals surface area contributed by atoms with Gasteiger partial charge in [-0.2, -0.15) is 0 Å². The standard InChI is InChI=1S/C24H18Cl2F4N2O5S/c1-10(2)9-38(36,37)12-5-3-4-11(6-12)23(34)31-16-8-14(25)21(17(26)22(16)33)32-24(35)13-7-15(27)19(29)20(30)18(13)28/h3-8,10,33H,9H2,1-2H3,(H,31,34)(H,32,35). The lowest BCUT2D eigenvalue weighted by Gasteiger charge is -2.15. The van der Waals surface area contributed by atoms with Gasteiger partial charge in [-0.15, -0.1) is 0 Å². The number of carbonyl (C=O) groups is 2. The van der Waals surface area contributed by atoms with E-state index in [0.29, 0.717) is 0 Å². The van der Waals surface area contributed by atoms with E-state index in [1.54, 1.807) is 13.8 Å². The smallest absolute Gasteiger partial charge is 0.258 e. The van der Waals surface area contributed by atoms with Gasteiger partial charge >= 0.3 is 0 Å². The van der Waals surface area contributed by atoms with E-state index >= 15 is 0 Å². The number of hydrogen-bond acceptors (Lipinski definition) is 5. The molecule has 0 aliphatic rings. The van der Waals surface area contributed by atoms with Crippen molar-refractivity contribution >= 4 is 56.2 Å². The normalized spacial score (nSPS) is 11.5. The van der Waals surface area contributed by atoms with Crippen LogP contribution >= 0.6 is 23.2 Å². The molecule has 0 aromatic heterocycles. The van der Waals surface area contributed by atoms with E-state index in [1.165, 1.54) is 18.2 Å². The highest BCUT2D eigenvalue weighted by atomic mass is 35.5. The summed E-state index contributed by atoms with van der Waals surface area (Å²) in [5.41, 5.74) is -2.14. The van der Waals surface area contributed by atoms with Crippen molar-refractivity contribution in [2.24, 2.45) is 5.92 Å². The van der Waals surface area contributed by atoms with Crippen LogP contribution in [0.1, 0.15) is 34.6 Å². The molecule has 0 heterocycles. The first-order valence-corrected chi connectivity index (χ1v) is 13.0. The van der Waals surface area contributed by atoms with E-state index in [2.05, 4.69) is 5.32 Å². The second kappa shape index (κ2) is 11.2. The van der Waals surface area contributed by atoms with E-state index < -0.39 is 72.0 Å². The summed E-state index contributed by atoms with van der Waals surface area (Å²) >= 11 is 12.1. The molecule has 0 bridgehead atoms. The van der Waals surface area contributed by atoms with Crippen molar-refractivity contribution in [3.05, 3.63) is 80.8 Å². The molecule has 0 spiro atoms. The minimum atomic E-state index is -3.67. The molecule has 0 aliphatic heterocycles. The van der Waals surface area contributed by atoms with Crippen molar-refractivity contribution in [2.45, 2.75) is 18.7 Å². The second-order valence-electron chi connectivity index (χ2n) is 8.40. The zero-order chi connectivity index (χ0) is 28.5. The van der Waals surface area contributed by atoms with Gasteiger partial charge in [-0.1, -0.05) is 43.1 Å². The van der Waals surface area contributed by atoms with Gasteiger partial charge in [0.05, 0.1) is 32.6 Å². The SMILES string of the molecule is CC(C)CS(=O)(=O)c1cccc(C(=O)Nc2cc(Cl)c(NC(=O)c3cc(F)c(F)c(F)c3F)c(Cl)c2O)c1. The van der Waals surface area contributed by atoms with Crippen LogP contribution in [0.15, 0.2) is 41.3 Å². The highest BCUT2D eigenvalue weighted by molar-refractivity contribution is 7.91. The van der Waals surface area contributed by atoms with Gasteiger partial charge in [0.25, 0.3) is 11.8 Å². The summed E-state index contributed by atoms with van der Waals surface area (Å²) in [4.78, 5) is 25.0. The quantitative estimate of drug-likeness (QED) is 0.131. The minimum absolute atomic E-state index is 0.0744. The lowest BCUT2D eigenvalue weighted by molar-refractivity contribution is 0.101. The lowest BCUT2D eigenvalue weighted by Crippen LogP contribution is -2.17. The number of phenols is 1. The maximum atomic E-state index is 14.0. The largest absolute Gasteiger partial charge is 0.504 e. The zero-order valence-corrected chi connectivity index (χ0v) is 21.8. The Morgan fingerprint density at radius 3 is 2.24 bits per heavy atom. The molecule has 0 atom stereocenters. The Morgan fingerprint density at radius 2 is 1.61 bits per heavy atom. The van der Waals surface area contributed by atoms with E-state index in [9.17, 15) is 40.7 Å². The van der Waals surface area contributed by atoms with Crippen LogP contribution in [0.4, 0.5) is 28.9 Å². The average Bonchev–Trinajstić information content (AvgIpc) is 2.85. The topological polar surface area (TPSA) is 113 Å². The molecule has 0 radical (unpaired) electrons. The maximum Gasteiger partial charge on any atom is 0.258 e. The Bertz CT molecular complexity index is 1570. The molecule has 0 unspecified atom stereocenters. The molecular formula is C24H18Cl2F4N2O5S. The highest BCUT2D eigenvalue weighted by Crippen LogP contribution is 2.43. The summed E-state index contributed by atoms with van der Waals surface area (Å²) < 4.78 is 79.1. The average molecular weight is 593 g/mol. The highest BCUT2D eigenvalue weighted by Gasteiger charge is 2.26. The van der Waals surface area contributed by atoms with Crippen molar-refractivity contribution in [2.75, 3.05) is 16.4 Å². The number of halogens is 6. The van der Waals surface area contributed by atoms with Crippen LogP contribution in [0.3, 0.4) is 0 Å². The summed E-state index contributed by atoms with van der Waals surface area (Å²) in [6.07, 6.45) is 0. The lowest BCUT2D eigenvalue weighted by atomic mass is 10.1. The van der Waals surface area contributed by atoms with E-state index in [-0.39, 0.29) is 33.9 Å². The van der Waals surface area contributed by atoms with Crippen molar-refractivity contribution in [3.8, 4) is 5.75 Å². The van der Waals surface area contributed by atoms with Gasteiger partial charge in [0.1, 0.15) is 5.02 Å². The summed E-state index contributed by atoms with van der Waals surface area (Å²) in [6.45, 7) is 3.45. The number of hydrogen-bond donors (Lipinski definition) is 3. The second-order valence-corrected chi connectivity index (χ2v) is 11.2. The molecule has 38 heavy (non-hydrogen) atoms. The Labute approximate surface area is 224 Å². The van der Waals surface area contributed by atoms with Crippen LogP contribution in [0.25, 0.3) is 0 Å². The summed E-state index contributed by atoms with van der Waals surface area (Å²) in [5, 5.41) is 13.7. The van der Waals surface area contributed by atoms with Crippen LogP contribution in [-0.2, 0) is 9.84 Å². The number of sulfone groups is 1. The van der Waals surface area contributed by atoms with Gasteiger partial charge in [0, 0.05) is 5.56 Å². The first-order chi connectivity index (χ1) is 17.6. The Hall–Kier alpha value is -3.35. The van der Waals surface area contributed by atoms with Crippen LogP contribution in [0, 0.1) is 29.2 Å². The predicted molar refractivity (Wildman–Crippen MR) is 134 cm³/mol. The van der Waals surface area contributed by atoms with Crippen LogP contribution in [-0.4, -0.2) is 31.1 Å². The molecule has 2 amide bonds. The molecular weight excluding hydrogens is 575 g/mol. The summed E-state index contributed by atoms with van der Waals surface area (Å²) in [7, 11) is -3.67. The molecule has 3 aromatic rings. The molecule has 0 saturated carbocycles. The third-order valence-corrected chi connectivity index (χ3v) is 7.78. The van der Waals surface area contributed by atoms with Gasteiger partial charge in [-0.25, -0.2) is 26.0 Å². The number of rotatable bonds is 7. The fraction of sp³-hybridized carbons (Fsp3) is 0.167. The number of benzene rings is 3. The van der Waals surface area contributed by atoms with E-state index in [0.717, 1.165) is 12.1 Å². The van der Waals surface area contributed by atoms with Crippen molar-refractivity contribution in [1.29, 1.82) is 0 Å². The monoisotopic (exact) mass is 592 g/mol. The molecule has 0 fully saturated rings. The fourth-order valence-corrected chi connectivity index (χ4v) is 5.51. The predicted octanol–water partition coefficient (Wildman–Crippen LogP) is 6.19. The Balaban J connectivity index is 1.89. The van der Waals surface area contributed by atoms with Gasteiger partial charge in [0.15, 0.2) is 38.9 Å². The van der Waals surface area contributed by atoms with Crippen molar-refractivity contribution < 1.29 is 40.7 Å². The van der Waals surface area contributed by atoms with E-state index in [4.69, 9.17) is 23.2 Å². The third-order valence-electron chi connectivity index (χ3n) is 5.03. The molecule has 202 valence electrons. The van der Waals surface area contributed by atoms with Crippen LogP contribution in [0.2, 0.25) is 10.0 Å². The molecule has 7 nitrogen and oxygen atoms in total. The van der Waals surface area contributed by atoms with Gasteiger partial charge < -0.3 is 15.7 Å². The number of nitrogens with one attached hydrogen (secondary N) is 2. The Kier molecular flexibility index (Phi) is 8.59. The first kappa shape index (κ1) is 29.2. The number of amides is 2. The molecule has 0 saturated heterocycles. The fourth-order valence-electron chi connectivity index (χ4n) is 3.30.